The van der Waals surface area contributed by atoms with Crippen LogP contribution in [0.4, 0.5) is 11.6 Å². The lowest BCUT2D eigenvalue weighted by Crippen LogP contribution is -2.47. The summed E-state index contributed by atoms with van der Waals surface area (Å²) in [7, 11) is 0. The summed E-state index contributed by atoms with van der Waals surface area (Å²) in [4.78, 5) is 19.0. The molecule has 0 bridgehead atoms. The number of nitrogens with two attached hydrogens (primary N) is 1. The van der Waals surface area contributed by atoms with Crippen LogP contribution in [0, 0.1) is 5.92 Å². The summed E-state index contributed by atoms with van der Waals surface area (Å²) in [5.74, 6) is 0.536. The summed E-state index contributed by atoms with van der Waals surface area (Å²) in [5.41, 5.74) is 9.42. The number of hydrogen-bond donors (Lipinski definition) is 2. The Morgan fingerprint density at radius 2 is 1.87 bits per heavy atom. The van der Waals surface area contributed by atoms with Crippen LogP contribution in [0.3, 0.4) is 0 Å². The molecule has 1 amide bonds. The van der Waals surface area contributed by atoms with Gasteiger partial charge in [-0.2, -0.15) is 4.98 Å². The Bertz CT molecular complexity index is 1020. The number of fused-ring (bicyclic) bond motifs is 1. The van der Waals surface area contributed by atoms with Crippen LogP contribution in [0.15, 0.2) is 48.7 Å². The van der Waals surface area contributed by atoms with Gasteiger partial charge >= 0.3 is 0 Å². The van der Waals surface area contributed by atoms with Crippen molar-refractivity contribution in [2.24, 2.45) is 11.7 Å². The molecule has 3 heterocycles. The molecule has 7 nitrogen and oxygen atoms in total. The van der Waals surface area contributed by atoms with Crippen molar-refractivity contribution in [2.75, 3.05) is 29.9 Å². The van der Waals surface area contributed by atoms with Crippen LogP contribution in [-0.4, -0.2) is 40.1 Å². The zero-order chi connectivity index (χ0) is 19.8. The minimum Gasteiger partial charge on any atom is -0.368 e. The molecule has 0 radical (unpaired) electrons. The van der Waals surface area contributed by atoms with E-state index in [0.717, 1.165) is 50.1 Å². The lowest BCUT2D eigenvalue weighted by atomic mass is 9.73. The molecule has 2 aromatic heterocycles. The molecule has 3 N–H and O–H groups in total. The Hall–Kier alpha value is -2.64. The van der Waals surface area contributed by atoms with E-state index in [1.807, 2.05) is 12.3 Å². The molecule has 30 heavy (non-hydrogen) atoms. The number of carbonyl (C=O) groups excluding carboxylic acids is 1. The lowest BCUT2D eigenvalue weighted by Gasteiger charge is -2.42. The van der Waals surface area contributed by atoms with Crippen molar-refractivity contribution in [3.63, 3.8) is 0 Å². The first-order chi connectivity index (χ1) is 14.2. The van der Waals surface area contributed by atoms with Gasteiger partial charge < -0.3 is 10.6 Å². The fourth-order valence-corrected chi connectivity index (χ4v) is 4.33. The number of carbonyl (C=O) groups is 1. The van der Waals surface area contributed by atoms with Crippen molar-refractivity contribution in [3.8, 4) is 0 Å². The normalized spacial score (nSPS) is 18.1. The topological polar surface area (TPSA) is 88.5 Å². The van der Waals surface area contributed by atoms with Crippen LogP contribution in [0.1, 0.15) is 31.2 Å². The third kappa shape index (κ3) is 3.75. The van der Waals surface area contributed by atoms with Gasteiger partial charge in [0, 0.05) is 37.2 Å². The summed E-state index contributed by atoms with van der Waals surface area (Å²) in [6.07, 6.45) is 5.78. The van der Waals surface area contributed by atoms with Gasteiger partial charge in [-0.15, -0.1) is 17.5 Å². The van der Waals surface area contributed by atoms with E-state index in [0.29, 0.717) is 12.5 Å². The van der Waals surface area contributed by atoms with Crippen molar-refractivity contribution in [1.82, 2.24) is 14.6 Å². The largest absolute Gasteiger partial charge is 0.368 e. The predicted octanol–water partition coefficient (Wildman–Crippen LogP) is 3.00. The van der Waals surface area contributed by atoms with Crippen molar-refractivity contribution in [1.29, 1.82) is 0 Å². The SMILES string of the molecule is Cl.NCC1(c2ccccc2)CCN(c2cccn3nc(NC(=O)C4CC4)nc23)CC1. The molecule has 1 saturated carbocycles. The van der Waals surface area contributed by atoms with Crippen LogP contribution >= 0.6 is 12.4 Å². The van der Waals surface area contributed by atoms with E-state index >= 15 is 0 Å². The standard InChI is InChI=1S/C22H26N6O.ClH/c23-15-22(17-5-2-1-3-6-17)10-13-27(14-11-22)18-7-4-12-28-19(18)24-21(26-28)25-20(29)16-8-9-16;/h1-7,12,16H,8-11,13-15,23H2,(H,25,26,29);1H. The Morgan fingerprint density at radius 3 is 2.53 bits per heavy atom. The maximum absolute atomic E-state index is 12.1. The van der Waals surface area contributed by atoms with E-state index in [2.05, 4.69) is 56.7 Å². The molecule has 158 valence electrons. The highest BCUT2D eigenvalue weighted by Gasteiger charge is 2.35. The molecule has 0 spiro atoms. The second-order valence-corrected chi connectivity index (χ2v) is 8.20. The Labute approximate surface area is 182 Å². The highest BCUT2D eigenvalue weighted by atomic mass is 35.5. The fourth-order valence-electron chi connectivity index (χ4n) is 4.33. The third-order valence-electron chi connectivity index (χ3n) is 6.36. The minimum atomic E-state index is 0. The quantitative estimate of drug-likeness (QED) is 0.654. The van der Waals surface area contributed by atoms with E-state index in [9.17, 15) is 4.79 Å². The average molecular weight is 427 g/mol. The molecule has 1 aliphatic carbocycles. The summed E-state index contributed by atoms with van der Waals surface area (Å²) in [5, 5.41) is 7.29. The highest BCUT2D eigenvalue weighted by molar-refractivity contribution is 5.92. The monoisotopic (exact) mass is 426 g/mol. The highest BCUT2D eigenvalue weighted by Crippen LogP contribution is 2.37. The lowest BCUT2D eigenvalue weighted by molar-refractivity contribution is -0.117. The zero-order valence-corrected chi connectivity index (χ0v) is 17.6. The number of anilines is 2. The first-order valence-electron chi connectivity index (χ1n) is 10.4. The molecule has 0 atom stereocenters. The van der Waals surface area contributed by atoms with Crippen molar-refractivity contribution in [3.05, 3.63) is 54.2 Å². The summed E-state index contributed by atoms with van der Waals surface area (Å²) >= 11 is 0. The maximum Gasteiger partial charge on any atom is 0.249 e. The zero-order valence-electron chi connectivity index (χ0n) is 16.8. The van der Waals surface area contributed by atoms with Gasteiger partial charge in [-0.3, -0.25) is 10.1 Å². The average Bonchev–Trinajstić information content (AvgIpc) is 3.54. The van der Waals surface area contributed by atoms with E-state index in [1.54, 1.807) is 4.52 Å². The molecule has 1 aromatic carbocycles. The van der Waals surface area contributed by atoms with Gasteiger partial charge in [0.25, 0.3) is 0 Å². The first-order valence-corrected chi connectivity index (χ1v) is 10.4. The maximum atomic E-state index is 12.1. The molecule has 1 saturated heterocycles. The minimum absolute atomic E-state index is 0. The summed E-state index contributed by atoms with van der Waals surface area (Å²) in [6, 6.07) is 14.7. The van der Waals surface area contributed by atoms with E-state index in [1.165, 1.54) is 5.56 Å². The Balaban J connectivity index is 0.00000218. The number of aromatic nitrogens is 3. The van der Waals surface area contributed by atoms with Gasteiger partial charge in [-0.05, 0) is 43.4 Å². The van der Waals surface area contributed by atoms with Gasteiger partial charge in [0.15, 0.2) is 5.65 Å². The molecule has 5 rings (SSSR count). The van der Waals surface area contributed by atoms with Crippen LogP contribution < -0.4 is 16.0 Å². The molecule has 0 unspecified atom stereocenters. The molecule has 1 aliphatic heterocycles. The van der Waals surface area contributed by atoms with Gasteiger partial charge in [0.1, 0.15) is 0 Å². The number of nitrogens with zero attached hydrogens (tertiary/aromatic N) is 4. The number of piperidine rings is 1. The second-order valence-electron chi connectivity index (χ2n) is 8.20. The predicted molar refractivity (Wildman–Crippen MR) is 120 cm³/mol. The van der Waals surface area contributed by atoms with Gasteiger partial charge in [-0.1, -0.05) is 30.3 Å². The number of rotatable bonds is 5. The smallest absolute Gasteiger partial charge is 0.249 e. The van der Waals surface area contributed by atoms with Crippen LogP contribution in [-0.2, 0) is 10.2 Å². The second kappa shape index (κ2) is 8.24. The van der Waals surface area contributed by atoms with Crippen LogP contribution in [0.2, 0.25) is 0 Å². The molecular weight excluding hydrogens is 400 g/mol. The molecule has 8 heteroatoms. The number of amides is 1. The Morgan fingerprint density at radius 1 is 1.13 bits per heavy atom. The number of benzene rings is 1. The van der Waals surface area contributed by atoms with Crippen LogP contribution in [0.25, 0.3) is 5.65 Å². The first kappa shape index (κ1) is 20.6. The third-order valence-corrected chi connectivity index (χ3v) is 6.36. The number of halogens is 1. The van der Waals surface area contributed by atoms with E-state index in [4.69, 9.17) is 5.73 Å². The van der Waals surface area contributed by atoms with Gasteiger partial charge in [0.05, 0.1) is 5.69 Å². The molecular formula is C22H27ClN6O. The summed E-state index contributed by atoms with van der Waals surface area (Å²) in [6.45, 7) is 2.46. The summed E-state index contributed by atoms with van der Waals surface area (Å²) < 4.78 is 1.75. The molecule has 2 aliphatic rings. The molecule has 3 aromatic rings. The van der Waals surface area contributed by atoms with Gasteiger partial charge in [-0.25, -0.2) is 4.52 Å². The number of nitrogens with one attached hydrogen (secondary N) is 1. The van der Waals surface area contributed by atoms with Gasteiger partial charge in [0.2, 0.25) is 11.9 Å². The van der Waals surface area contributed by atoms with Crippen molar-refractivity contribution in [2.45, 2.75) is 31.1 Å². The fraction of sp³-hybridized carbons (Fsp3) is 0.409. The van der Waals surface area contributed by atoms with Crippen molar-refractivity contribution < 1.29 is 4.79 Å². The van der Waals surface area contributed by atoms with Crippen LogP contribution in [0.5, 0.6) is 0 Å². The number of hydrogen-bond acceptors (Lipinski definition) is 5. The molecule has 2 fully saturated rings. The van der Waals surface area contributed by atoms with E-state index < -0.39 is 0 Å². The number of pyridine rings is 1. The Kier molecular flexibility index (Phi) is 5.66. The van der Waals surface area contributed by atoms with Crippen molar-refractivity contribution >= 4 is 35.6 Å². The van der Waals surface area contributed by atoms with E-state index in [-0.39, 0.29) is 29.6 Å².